The predicted octanol–water partition coefficient (Wildman–Crippen LogP) is 1.42. The molecule has 2 unspecified atom stereocenters. The molecule has 1 aliphatic heterocycles. The molecule has 0 bridgehead atoms. The van der Waals surface area contributed by atoms with Crippen molar-refractivity contribution < 1.29 is 0 Å². The molecule has 1 fully saturated rings. The van der Waals surface area contributed by atoms with Crippen LogP contribution in [0.5, 0.6) is 0 Å². The second-order valence-corrected chi connectivity index (χ2v) is 4.87. The predicted molar refractivity (Wildman–Crippen MR) is 61.5 cm³/mol. The quantitative estimate of drug-likeness (QED) is 0.742. The minimum atomic E-state index is 0.750. The average molecular weight is 202 g/mol. The molecule has 13 heavy (non-hydrogen) atoms. The summed E-state index contributed by atoms with van der Waals surface area (Å²) in [6.45, 7) is 4.88. The minimum Gasteiger partial charge on any atom is -0.317 e. The second-order valence-electron chi connectivity index (χ2n) is 3.89. The Kier molecular flexibility index (Phi) is 5.14. The number of hydrogen-bond acceptors (Lipinski definition) is 3. The van der Waals surface area contributed by atoms with Crippen molar-refractivity contribution in [3.63, 3.8) is 0 Å². The van der Waals surface area contributed by atoms with Gasteiger partial charge in [0.25, 0.3) is 0 Å². The van der Waals surface area contributed by atoms with Gasteiger partial charge >= 0.3 is 0 Å². The Morgan fingerprint density at radius 1 is 1.54 bits per heavy atom. The zero-order chi connectivity index (χ0) is 9.68. The van der Waals surface area contributed by atoms with Crippen LogP contribution in [0.2, 0.25) is 0 Å². The summed E-state index contributed by atoms with van der Waals surface area (Å²) in [5.41, 5.74) is 0. The molecule has 2 nitrogen and oxygen atoms in total. The maximum Gasteiger partial charge on any atom is 0.00910 e. The Labute approximate surface area is 86.5 Å². The summed E-state index contributed by atoms with van der Waals surface area (Å²) in [4.78, 5) is 2.62. The fourth-order valence-corrected chi connectivity index (χ4v) is 2.44. The molecule has 0 aromatic carbocycles. The summed E-state index contributed by atoms with van der Waals surface area (Å²) in [5, 5.41) is 3.38. The molecular formula is C10H22N2S. The molecule has 0 aliphatic carbocycles. The van der Waals surface area contributed by atoms with Crippen molar-refractivity contribution in [3.05, 3.63) is 0 Å². The number of nitrogens with zero attached hydrogens (tertiary/aromatic N) is 1. The van der Waals surface area contributed by atoms with Gasteiger partial charge in [0, 0.05) is 24.4 Å². The van der Waals surface area contributed by atoms with Crippen LogP contribution in [0.4, 0.5) is 0 Å². The topological polar surface area (TPSA) is 15.3 Å². The highest BCUT2D eigenvalue weighted by atomic mass is 32.2. The van der Waals surface area contributed by atoms with Crippen LogP contribution in [-0.4, -0.2) is 49.1 Å². The monoisotopic (exact) mass is 202 g/mol. The van der Waals surface area contributed by atoms with E-state index in [-0.39, 0.29) is 0 Å². The maximum atomic E-state index is 3.38. The molecule has 0 radical (unpaired) electrons. The van der Waals surface area contributed by atoms with Crippen LogP contribution in [0.1, 0.15) is 19.8 Å². The third kappa shape index (κ3) is 3.49. The zero-order valence-electron chi connectivity index (χ0n) is 9.05. The van der Waals surface area contributed by atoms with E-state index in [1.165, 1.54) is 31.7 Å². The Morgan fingerprint density at radius 2 is 2.31 bits per heavy atom. The highest BCUT2D eigenvalue weighted by molar-refractivity contribution is 7.98. The summed E-state index contributed by atoms with van der Waals surface area (Å²) in [6.07, 6.45) is 4.81. The molecule has 0 aromatic heterocycles. The third-order valence-electron chi connectivity index (χ3n) is 3.00. The molecule has 1 saturated heterocycles. The van der Waals surface area contributed by atoms with Gasteiger partial charge in [0.05, 0.1) is 0 Å². The highest BCUT2D eigenvalue weighted by Gasteiger charge is 2.23. The Morgan fingerprint density at radius 3 is 2.85 bits per heavy atom. The SMILES string of the molecule is CNC1CCN(CCSC)C(C)C1. The summed E-state index contributed by atoms with van der Waals surface area (Å²) < 4.78 is 0. The first-order valence-electron chi connectivity index (χ1n) is 5.18. The van der Waals surface area contributed by atoms with Crippen molar-refractivity contribution in [1.82, 2.24) is 10.2 Å². The van der Waals surface area contributed by atoms with E-state index < -0.39 is 0 Å². The molecule has 2 atom stereocenters. The first kappa shape index (κ1) is 11.3. The standard InChI is InChI=1S/C10H22N2S/c1-9-8-10(11-2)4-5-12(9)6-7-13-3/h9-11H,4-8H2,1-3H3. The van der Waals surface area contributed by atoms with Crippen LogP contribution in [0, 0.1) is 0 Å². The second kappa shape index (κ2) is 5.89. The fourth-order valence-electron chi connectivity index (χ4n) is 2.02. The molecule has 0 aromatic rings. The highest BCUT2D eigenvalue weighted by Crippen LogP contribution is 2.17. The molecule has 0 spiro atoms. The van der Waals surface area contributed by atoms with Crippen molar-refractivity contribution in [2.24, 2.45) is 0 Å². The number of nitrogens with one attached hydrogen (secondary N) is 1. The molecule has 0 saturated carbocycles. The van der Waals surface area contributed by atoms with Gasteiger partial charge in [-0.15, -0.1) is 0 Å². The number of likely N-dealkylation sites (tertiary alicyclic amines) is 1. The molecule has 3 heteroatoms. The van der Waals surface area contributed by atoms with Crippen molar-refractivity contribution >= 4 is 11.8 Å². The van der Waals surface area contributed by atoms with Crippen molar-refractivity contribution in [1.29, 1.82) is 0 Å². The lowest BCUT2D eigenvalue weighted by Gasteiger charge is -2.37. The van der Waals surface area contributed by atoms with Gasteiger partial charge in [-0.1, -0.05) is 0 Å². The average Bonchev–Trinajstić information content (AvgIpc) is 2.16. The summed E-state index contributed by atoms with van der Waals surface area (Å²) >= 11 is 1.95. The van der Waals surface area contributed by atoms with Crippen molar-refractivity contribution in [2.75, 3.05) is 32.1 Å². The number of piperidine rings is 1. The summed E-state index contributed by atoms with van der Waals surface area (Å²) in [5.74, 6) is 1.27. The lowest BCUT2D eigenvalue weighted by Crippen LogP contribution is -2.47. The number of rotatable bonds is 4. The van der Waals surface area contributed by atoms with E-state index in [9.17, 15) is 0 Å². The van der Waals surface area contributed by atoms with Crippen molar-refractivity contribution in [3.8, 4) is 0 Å². The van der Waals surface area contributed by atoms with Crippen molar-refractivity contribution in [2.45, 2.75) is 31.8 Å². The Balaban J connectivity index is 2.26. The van der Waals surface area contributed by atoms with Gasteiger partial charge in [-0.05, 0) is 39.6 Å². The molecule has 1 aliphatic rings. The third-order valence-corrected chi connectivity index (χ3v) is 3.60. The Hall–Kier alpha value is 0.270. The maximum absolute atomic E-state index is 3.38. The number of hydrogen-bond donors (Lipinski definition) is 1. The van der Waals surface area contributed by atoms with Gasteiger partial charge < -0.3 is 5.32 Å². The van der Waals surface area contributed by atoms with Crippen LogP contribution in [0.25, 0.3) is 0 Å². The van der Waals surface area contributed by atoms with E-state index in [0.29, 0.717) is 0 Å². The van der Waals surface area contributed by atoms with E-state index in [0.717, 1.165) is 12.1 Å². The van der Waals surface area contributed by atoms with Crippen LogP contribution < -0.4 is 5.32 Å². The van der Waals surface area contributed by atoms with Crippen LogP contribution in [0.3, 0.4) is 0 Å². The van der Waals surface area contributed by atoms with E-state index in [1.54, 1.807) is 0 Å². The first-order valence-corrected chi connectivity index (χ1v) is 6.57. The van der Waals surface area contributed by atoms with Gasteiger partial charge in [0.1, 0.15) is 0 Å². The van der Waals surface area contributed by atoms with Gasteiger partial charge in [-0.2, -0.15) is 11.8 Å². The molecule has 1 rings (SSSR count). The zero-order valence-corrected chi connectivity index (χ0v) is 9.86. The largest absolute Gasteiger partial charge is 0.317 e. The van der Waals surface area contributed by atoms with E-state index >= 15 is 0 Å². The molecular weight excluding hydrogens is 180 g/mol. The molecule has 0 amide bonds. The molecule has 78 valence electrons. The Bertz CT molecular complexity index is 141. The van der Waals surface area contributed by atoms with Gasteiger partial charge in [0.2, 0.25) is 0 Å². The van der Waals surface area contributed by atoms with E-state index in [2.05, 4.69) is 30.4 Å². The summed E-state index contributed by atoms with van der Waals surface area (Å²) in [6, 6.07) is 1.51. The normalized spacial score (nSPS) is 30.7. The van der Waals surface area contributed by atoms with Crippen LogP contribution in [0.15, 0.2) is 0 Å². The van der Waals surface area contributed by atoms with Gasteiger partial charge in [0.15, 0.2) is 0 Å². The van der Waals surface area contributed by atoms with E-state index in [1.807, 2.05) is 11.8 Å². The van der Waals surface area contributed by atoms with Gasteiger partial charge in [-0.3, -0.25) is 4.90 Å². The minimum absolute atomic E-state index is 0.750. The lowest BCUT2D eigenvalue weighted by molar-refractivity contribution is 0.147. The molecule has 1 heterocycles. The fraction of sp³-hybridized carbons (Fsp3) is 1.00. The first-order chi connectivity index (χ1) is 6.27. The van der Waals surface area contributed by atoms with E-state index in [4.69, 9.17) is 0 Å². The summed E-state index contributed by atoms with van der Waals surface area (Å²) in [7, 11) is 2.08. The number of thioether (sulfide) groups is 1. The van der Waals surface area contributed by atoms with Crippen LogP contribution >= 0.6 is 11.8 Å². The van der Waals surface area contributed by atoms with Gasteiger partial charge in [-0.25, -0.2) is 0 Å². The molecule has 1 N–H and O–H groups in total. The lowest BCUT2D eigenvalue weighted by atomic mass is 9.99. The smallest absolute Gasteiger partial charge is 0.00910 e. The van der Waals surface area contributed by atoms with Crippen LogP contribution in [-0.2, 0) is 0 Å².